The van der Waals surface area contributed by atoms with Crippen LogP contribution in [0.1, 0.15) is 0 Å². The number of aromatic nitrogens is 1. The minimum Gasteiger partial charge on any atom is -0.368 e. The highest BCUT2D eigenvalue weighted by Crippen LogP contribution is 2.25. The molecule has 0 aliphatic heterocycles. The number of thiophene rings is 1. The molecule has 0 atom stereocenters. The van der Waals surface area contributed by atoms with Crippen molar-refractivity contribution in [3.8, 4) is 0 Å². The smallest absolute Gasteiger partial charge is 0.312 e. The number of anilines is 1. The molecule has 84 valence electrons. The van der Waals surface area contributed by atoms with E-state index >= 15 is 0 Å². The predicted octanol–water partition coefficient (Wildman–Crippen LogP) is 1.38. The van der Waals surface area contributed by atoms with Crippen LogP contribution in [0.5, 0.6) is 0 Å². The number of hydrogen-bond acceptors (Lipinski definition) is 4. The van der Waals surface area contributed by atoms with Gasteiger partial charge < -0.3 is 16.4 Å². The van der Waals surface area contributed by atoms with Crippen molar-refractivity contribution in [2.45, 2.75) is 0 Å². The number of nitrogens with one attached hydrogen (secondary N) is 2. The molecule has 0 bridgehead atoms. The molecular formula is C10H12N4OS. The molecule has 6 heteroatoms. The summed E-state index contributed by atoms with van der Waals surface area (Å²) in [5, 5.41) is 8.79. The van der Waals surface area contributed by atoms with Crippen LogP contribution in [-0.4, -0.2) is 24.1 Å². The van der Waals surface area contributed by atoms with Crippen molar-refractivity contribution in [1.29, 1.82) is 0 Å². The number of rotatable bonds is 4. The van der Waals surface area contributed by atoms with Crippen LogP contribution in [-0.2, 0) is 0 Å². The molecule has 5 nitrogen and oxygen atoms in total. The first-order valence-corrected chi connectivity index (χ1v) is 5.75. The summed E-state index contributed by atoms with van der Waals surface area (Å²) in [7, 11) is 0. The van der Waals surface area contributed by atoms with Gasteiger partial charge in [0.15, 0.2) is 0 Å². The van der Waals surface area contributed by atoms with Gasteiger partial charge in [-0.1, -0.05) is 0 Å². The molecule has 0 aromatic carbocycles. The van der Waals surface area contributed by atoms with Gasteiger partial charge >= 0.3 is 6.03 Å². The molecular weight excluding hydrogens is 224 g/mol. The van der Waals surface area contributed by atoms with E-state index in [4.69, 9.17) is 5.73 Å². The lowest BCUT2D eigenvalue weighted by Gasteiger charge is -2.06. The minimum absolute atomic E-state index is 0.484. The Bertz CT molecular complexity index is 496. The van der Waals surface area contributed by atoms with E-state index in [-0.39, 0.29) is 0 Å². The Hall–Kier alpha value is -1.82. The summed E-state index contributed by atoms with van der Waals surface area (Å²) in [5.41, 5.74) is 4.95. The number of amides is 2. The van der Waals surface area contributed by atoms with Gasteiger partial charge in [-0.2, -0.15) is 0 Å². The predicted molar refractivity (Wildman–Crippen MR) is 65.7 cm³/mol. The van der Waals surface area contributed by atoms with Gasteiger partial charge in [0.25, 0.3) is 0 Å². The Balaban J connectivity index is 1.98. The fourth-order valence-electron chi connectivity index (χ4n) is 1.40. The quantitative estimate of drug-likeness (QED) is 0.701. The topological polar surface area (TPSA) is 80.0 Å². The van der Waals surface area contributed by atoms with Crippen LogP contribution in [0.15, 0.2) is 23.7 Å². The second kappa shape index (κ2) is 4.80. The summed E-state index contributed by atoms with van der Waals surface area (Å²) >= 11 is 1.68. The summed E-state index contributed by atoms with van der Waals surface area (Å²) in [6.45, 7) is 1.09. The van der Waals surface area contributed by atoms with Crippen LogP contribution >= 0.6 is 11.3 Å². The fourth-order valence-corrected chi connectivity index (χ4v) is 2.18. The molecule has 0 saturated heterocycles. The minimum atomic E-state index is -0.511. The molecule has 0 unspecified atom stereocenters. The van der Waals surface area contributed by atoms with Crippen LogP contribution in [0.2, 0.25) is 0 Å². The first-order valence-electron chi connectivity index (χ1n) is 4.87. The molecule has 0 aliphatic carbocycles. The van der Waals surface area contributed by atoms with Gasteiger partial charge in [-0.3, -0.25) is 0 Å². The Morgan fingerprint density at radius 2 is 2.31 bits per heavy atom. The van der Waals surface area contributed by atoms with Gasteiger partial charge in [-0.25, -0.2) is 9.78 Å². The van der Waals surface area contributed by atoms with Gasteiger partial charge in [0.2, 0.25) is 0 Å². The summed E-state index contributed by atoms with van der Waals surface area (Å²) in [6, 6.07) is 3.49. The maximum atomic E-state index is 10.5. The Morgan fingerprint density at radius 1 is 1.44 bits per heavy atom. The molecule has 16 heavy (non-hydrogen) atoms. The first-order chi connectivity index (χ1) is 7.77. The Labute approximate surface area is 96.7 Å². The molecule has 0 fully saturated rings. The van der Waals surface area contributed by atoms with Crippen LogP contribution in [0.4, 0.5) is 10.6 Å². The van der Waals surface area contributed by atoms with Gasteiger partial charge in [0, 0.05) is 29.4 Å². The van der Waals surface area contributed by atoms with E-state index in [0.29, 0.717) is 13.1 Å². The number of carbonyl (C=O) groups is 1. The highest BCUT2D eigenvalue weighted by Gasteiger charge is 2.02. The molecule has 2 aromatic heterocycles. The van der Waals surface area contributed by atoms with Crippen molar-refractivity contribution < 1.29 is 4.79 Å². The molecule has 2 heterocycles. The van der Waals surface area contributed by atoms with Crippen molar-refractivity contribution in [2.24, 2.45) is 5.73 Å². The highest BCUT2D eigenvalue weighted by atomic mass is 32.1. The van der Waals surface area contributed by atoms with Crippen LogP contribution in [0.3, 0.4) is 0 Å². The lowest BCUT2D eigenvalue weighted by atomic mass is 10.3. The summed E-state index contributed by atoms with van der Waals surface area (Å²) in [5.74, 6) is 0.838. The maximum absolute atomic E-state index is 10.5. The number of primary amides is 1. The van der Waals surface area contributed by atoms with Gasteiger partial charge in [-0.05, 0) is 17.5 Å². The summed E-state index contributed by atoms with van der Waals surface area (Å²) in [6.07, 6.45) is 1.77. The number of fused-ring (bicyclic) bond motifs is 1. The standard InChI is InChI=1S/C10H12N4OS/c11-10(15)14-5-4-13-9-7-2-6-16-8(7)1-3-12-9/h1-3,6H,4-5H2,(H,12,13)(H3,11,14,15). The zero-order chi connectivity index (χ0) is 11.4. The van der Waals surface area contributed by atoms with E-state index in [1.807, 2.05) is 17.5 Å². The monoisotopic (exact) mass is 236 g/mol. The molecule has 0 saturated carbocycles. The summed E-state index contributed by atoms with van der Waals surface area (Å²) < 4.78 is 1.19. The number of urea groups is 1. The molecule has 2 rings (SSSR count). The van der Waals surface area contributed by atoms with Gasteiger partial charge in [-0.15, -0.1) is 11.3 Å². The Morgan fingerprint density at radius 3 is 3.12 bits per heavy atom. The average molecular weight is 236 g/mol. The zero-order valence-corrected chi connectivity index (χ0v) is 9.38. The molecule has 0 aliphatic rings. The molecule has 0 radical (unpaired) electrons. The number of hydrogen-bond donors (Lipinski definition) is 3. The first kappa shape index (κ1) is 10.7. The molecule has 4 N–H and O–H groups in total. The SMILES string of the molecule is NC(=O)NCCNc1nccc2sccc12. The normalized spacial score (nSPS) is 10.2. The van der Waals surface area contributed by atoms with Crippen molar-refractivity contribution >= 4 is 33.3 Å². The maximum Gasteiger partial charge on any atom is 0.312 e. The van der Waals surface area contributed by atoms with Crippen LogP contribution in [0.25, 0.3) is 10.1 Å². The molecule has 0 spiro atoms. The second-order valence-corrected chi connectivity index (χ2v) is 4.16. The number of nitrogens with two attached hydrogens (primary N) is 1. The zero-order valence-electron chi connectivity index (χ0n) is 8.56. The molecule has 2 amide bonds. The molecule has 2 aromatic rings. The van der Waals surface area contributed by atoms with Crippen LogP contribution in [0, 0.1) is 0 Å². The fraction of sp³-hybridized carbons (Fsp3) is 0.200. The van der Waals surface area contributed by atoms with E-state index in [0.717, 1.165) is 11.2 Å². The van der Waals surface area contributed by atoms with E-state index in [1.54, 1.807) is 17.5 Å². The van der Waals surface area contributed by atoms with E-state index < -0.39 is 6.03 Å². The Kier molecular flexibility index (Phi) is 3.21. The third kappa shape index (κ3) is 2.40. The van der Waals surface area contributed by atoms with Crippen molar-refractivity contribution in [2.75, 3.05) is 18.4 Å². The van der Waals surface area contributed by atoms with Gasteiger partial charge in [0.1, 0.15) is 5.82 Å². The lowest BCUT2D eigenvalue weighted by molar-refractivity contribution is 0.249. The number of carbonyl (C=O) groups excluding carboxylic acids is 1. The average Bonchev–Trinajstić information content (AvgIpc) is 2.72. The third-order valence-electron chi connectivity index (χ3n) is 2.10. The summed E-state index contributed by atoms with van der Waals surface area (Å²) in [4.78, 5) is 14.7. The van der Waals surface area contributed by atoms with E-state index in [2.05, 4.69) is 15.6 Å². The van der Waals surface area contributed by atoms with Crippen molar-refractivity contribution in [3.05, 3.63) is 23.7 Å². The third-order valence-corrected chi connectivity index (χ3v) is 2.98. The lowest BCUT2D eigenvalue weighted by Crippen LogP contribution is -2.33. The van der Waals surface area contributed by atoms with Crippen molar-refractivity contribution in [1.82, 2.24) is 10.3 Å². The van der Waals surface area contributed by atoms with E-state index in [1.165, 1.54) is 4.70 Å². The largest absolute Gasteiger partial charge is 0.368 e. The number of pyridine rings is 1. The van der Waals surface area contributed by atoms with E-state index in [9.17, 15) is 4.79 Å². The van der Waals surface area contributed by atoms with Crippen LogP contribution < -0.4 is 16.4 Å². The van der Waals surface area contributed by atoms with Gasteiger partial charge in [0.05, 0.1) is 0 Å². The highest BCUT2D eigenvalue weighted by molar-refractivity contribution is 7.17. The number of nitrogens with zero attached hydrogens (tertiary/aromatic N) is 1. The van der Waals surface area contributed by atoms with Crippen molar-refractivity contribution in [3.63, 3.8) is 0 Å². The second-order valence-electron chi connectivity index (χ2n) is 3.21.